The fourth-order valence-electron chi connectivity index (χ4n) is 3.21. The van der Waals surface area contributed by atoms with Crippen molar-refractivity contribution in [3.05, 3.63) is 0 Å². The maximum Gasteiger partial charge on any atom is 0.309 e. The summed E-state index contributed by atoms with van der Waals surface area (Å²) in [5.74, 6) is -0.206. The highest BCUT2D eigenvalue weighted by Gasteiger charge is 2.42. The Labute approximate surface area is 107 Å². The Kier molecular flexibility index (Phi) is 8.28. The van der Waals surface area contributed by atoms with E-state index in [0.717, 1.165) is 51.4 Å². The molecule has 0 saturated heterocycles. The molecule has 0 atom stereocenters. The number of rotatable bonds is 10. The van der Waals surface area contributed by atoms with Crippen LogP contribution in [-0.2, 0) is 4.79 Å². The monoisotopic (exact) mass is 242 g/mol. The van der Waals surface area contributed by atoms with Crippen molar-refractivity contribution in [3.63, 3.8) is 0 Å². The van der Waals surface area contributed by atoms with E-state index in [1.807, 2.05) is 0 Å². The van der Waals surface area contributed by atoms with E-state index in [9.17, 15) is 9.90 Å². The Morgan fingerprint density at radius 2 is 1.35 bits per heavy atom. The lowest BCUT2D eigenvalue weighted by Gasteiger charge is -2.37. The predicted molar refractivity (Wildman–Crippen MR) is 73.2 cm³/mol. The van der Waals surface area contributed by atoms with Gasteiger partial charge in [-0.15, -0.1) is 0 Å². The molecule has 2 nitrogen and oxygen atoms in total. The molecule has 0 bridgehead atoms. The molecule has 0 saturated carbocycles. The highest BCUT2D eigenvalue weighted by atomic mass is 16.4. The number of carbonyl (C=O) groups is 1. The van der Waals surface area contributed by atoms with Crippen LogP contribution in [0.4, 0.5) is 0 Å². The van der Waals surface area contributed by atoms with Gasteiger partial charge in [0.05, 0.1) is 5.41 Å². The second-order valence-electron chi connectivity index (χ2n) is 5.24. The minimum absolute atomic E-state index is 0.356. The molecular weight excluding hydrogens is 212 g/mol. The molecule has 0 aliphatic carbocycles. The Balaban J connectivity index is 5.09. The van der Waals surface area contributed by atoms with Gasteiger partial charge in [-0.25, -0.2) is 0 Å². The summed E-state index contributed by atoms with van der Waals surface area (Å²) in [7, 11) is 0. The first kappa shape index (κ1) is 16.5. The zero-order valence-electron chi connectivity index (χ0n) is 12.1. The number of aliphatic carboxylic acids is 1. The molecule has 0 aromatic heterocycles. The standard InChI is InChI=1S/C15H30O2/c1-5-9-13(10-6-2)15(11-7-3,12-8-4)14(16)17/h13H,5-12H2,1-4H3,(H,16,17). The highest BCUT2D eigenvalue weighted by molar-refractivity contribution is 5.75. The van der Waals surface area contributed by atoms with Crippen LogP contribution in [0.2, 0.25) is 0 Å². The summed E-state index contributed by atoms with van der Waals surface area (Å²) >= 11 is 0. The molecule has 2 heteroatoms. The molecule has 0 aromatic rings. The second-order valence-corrected chi connectivity index (χ2v) is 5.24. The Morgan fingerprint density at radius 3 is 1.59 bits per heavy atom. The molecule has 0 aliphatic rings. The molecule has 17 heavy (non-hydrogen) atoms. The van der Waals surface area contributed by atoms with Crippen molar-refractivity contribution in [2.24, 2.45) is 11.3 Å². The minimum atomic E-state index is -0.562. The third-order valence-corrected chi connectivity index (χ3v) is 3.87. The van der Waals surface area contributed by atoms with Gasteiger partial charge in [0, 0.05) is 0 Å². The van der Waals surface area contributed by atoms with E-state index < -0.39 is 11.4 Å². The summed E-state index contributed by atoms with van der Waals surface area (Å²) in [5.41, 5.74) is -0.463. The average molecular weight is 242 g/mol. The van der Waals surface area contributed by atoms with Gasteiger partial charge in [0.25, 0.3) is 0 Å². The second kappa shape index (κ2) is 8.54. The molecule has 0 spiro atoms. The van der Waals surface area contributed by atoms with Crippen LogP contribution in [0.5, 0.6) is 0 Å². The molecule has 0 aliphatic heterocycles. The van der Waals surface area contributed by atoms with Crippen LogP contribution in [-0.4, -0.2) is 11.1 Å². The van der Waals surface area contributed by atoms with Crippen molar-refractivity contribution in [1.82, 2.24) is 0 Å². The van der Waals surface area contributed by atoms with Crippen LogP contribution in [0.25, 0.3) is 0 Å². The van der Waals surface area contributed by atoms with E-state index in [0.29, 0.717) is 5.92 Å². The van der Waals surface area contributed by atoms with E-state index in [1.165, 1.54) is 0 Å². The van der Waals surface area contributed by atoms with Crippen LogP contribution >= 0.6 is 0 Å². The molecule has 0 rings (SSSR count). The summed E-state index contributed by atoms with van der Waals surface area (Å²) in [6.07, 6.45) is 7.90. The lowest BCUT2D eigenvalue weighted by molar-refractivity contribution is -0.154. The van der Waals surface area contributed by atoms with Crippen molar-refractivity contribution < 1.29 is 9.90 Å². The molecule has 0 aromatic carbocycles. The van der Waals surface area contributed by atoms with Gasteiger partial charge in [-0.3, -0.25) is 4.79 Å². The Morgan fingerprint density at radius 1 is 0.941 bits per heavy atom. The fraction of sp³-hybridized carbons (Fsp3) is 0.933. The maximum absolute atomic E-state index is 11.8. The average Bonchev–Trinajstić information content (AvgIpc) is 2.28. The lowest BCUT2D eigenvalue weighted by Crippen LogP contribution is -2.38. The van der Waals surface area contributed by atoms with E-state index in [2.05, 4.69) is 27.7 Å². The van der Waals surface area contributed by atoms with Gasteiger partial charge in [0.2, 0.25) is 0 Å². The van der Waals surface area contributed by atoms with E-state index in [-0.39, 0.29) is 0 Å². The van der Waals surface area contributed by atoms with Gasteiger partial charge in [0.1, 0.15) is 0 Å². The number of hydrogen-bond acceptors (Lipinski definition) is 1. The van der Waals surface area contributed by atoms with E-state index >= 15 is 0 Å². The largest absolute Gasteiger partial charge is 0.481 e. The SMILES string of the molecule is CCCC(CCC)C(CCC)(CCC)C(=O)O. The zero-order valence-corrected chi connectivity index (χ0v) is 12.1. The first-order chi connectivity index (χ1) is 8.08. The lowest BCUT2D eigenvalue weighted by atomic mass is 9.66. The van der Waals surface area contributed by atoms with Crippen molar-refractivity contribution in [3.8, 4) is 0 Å². The third kappa shape index (κ3) is 4.33. The zero-order chi connectivity index (χ0) is 13.3. The summed E-state index contributed by atoms with van der Waals surface area (Å²) in [6, 6.07) is 0. The first-order valence-corrected chi connectivity index (χ1v) is 7.32. The molecule has 0 amide bonds. The quantitative estimate of drug-likeness (QED) is 0.593. The molecule has 1 N–H and O–H groups in total. The molecule has 0 unspecified atom stereocenters. The predicted octanol–water partition coefficient (Wildman–Crippen LogP) is 4.87. The summed E-state index contributed by atoms with van der Waals surface area (Å²) < 4.78 is 0. The number of hydrogen-bond donors (Lipinski definition) is 1. The maximum atomic E-state index is 11.8. The van der Waals surface area contributed by atoms with Crippen molar-refractivity contribution in [2.45, 2.75) is 79.1 Å². The van der Waals surface area contributed by atoms with E-state index in [1.54, 1.807) is 0 Å². The van der Waals surface area contributed by atoms with Gasteiger partial charge in [0.15, 0.2) is 0 Å². The first-order valence-electron chi connectivity index (χ1n) is 7.32. The summed E-state index contributed by atoms with van der Waals surface area (Å²) in [4.78, 5) is 11.8. The summed E-state index contributed by atoms with van der Waals surface area (Å²) in [6.45, 7) is 8.52. The molecular formula is C15H30O2. The van der Waals surface area contributed by atoms with Gasteiger partial charge >= 0.3 is 5.97 Å². The fourth-order valence-corrected chi connectivity index (χ4v) is 3.21. The molecule has 0 radical (unpaired) electrons. The van der Waals surface area contributed by atoms with Gasteiger partial charge in [-0.2, -0.15) is 0 Å². The van der Waals surface area contributed by atoms with Crippen molar-refractivity contribution in [2.75, 3.05) is 0 Å². The van der Waals surface area contributed by atoms with Crippen LogP contribution < -0.4 is 0 Å². The summed E-state index contributed by atoms with van der Waals surface area (Å²) in [5, 5.41) is 9.71. The smallest absolute Gasteiger partial charge is 0.309 e. The van der Waals surface area contributed by atoms with Gasteiger partial charge < -0.3 is 5.11 Å². The molecule has 0 heterocycles. The molecule has 102 valence electrons. The van der Waals surface area contributed by atoms with Crippen LogP contribution in [0, 0.1) is 11.3 Å². The van der Waals surface area contributed by atoms with Crippen LogP contribution in [0.1, 0.15) is 79.1 Å². The van der Waals surface area contributed by atoms with E-state index in [4.69, 9.17) is 0 Å². The number of carboxylic acid groups (broad SMARTS) is 1. The van der Waals surface area contributed by atoms with Gasteiger partial charge in [-0.05, 0) is 31.6 Å². The van der Waals surface area contributed by atoms with Crippen LogP contribution in [0.15, 0.2) is 0 Å². The van der Waals surface area contributed by atoms with Crippen molar-refractivity contribution >= 4 is 5.97 Å². The van der Waals surface area contributed by atoms with Crippen molar-refractivity contribution in [1.29, 1.82) is 0 Å². The third-order valence-electron chi connectivity index (χ3n) is 3.87. The topological polar surface area (TPSA) is 37.3 Å². The minimum Gasteiger partial charge on any atom is -0.481 e. The highest BCUT2D eigenvalue weighted by Crippen LogP contribution is 2.43. The normalized spacial score (nSPS) is 12.1. The Bertz CT molecular complexity index is 199. The number of carboxylic acids is 1. The van der Waals surface area contributed by atoms with Crippen LogP contribution in [0.3, 0.4) is 0 Å². The Hall–Kier alpha value is -0.530. The molecule has 0 fully saturated rings. The van der Waals surface area contributed by atoms with Gasteiger partial charge in [-0.1, -0.05) is 53.4 Å².